The van der Waals surface area contributed by atoms with E-state index in [1.807, 2.05) is 36.1 Å². The summed E-state index contributed by atoms with van der Waals surface area (Å²) in [6.07, 6.45) is 3.42. The number of rotatable bonds is 1. The zero-order chi connectivity index (χ0) is 13.1. The van der Waals surface area contributed by atoms with Gasteiger partial charge < -0.3 is 10.2 Å². The van der Waals surface area contributed by atoms with Crippen LogP contribution in [-0.4, -0.2) is 23.0 Å². The van der Waals surface area contributed by atoms with E-state index >= 15 is 0 Å². The molecule has 0 saturated carbocycles. The van der Waals surface area contributed by atoms with Crippen LogP contribution in [0.1, 0.15) is 38.7 Å². The number of anilines is 1. The molecule has 0 aliphatic carbocycles. The van der Waals surface area contributed by atoms with E-state index in [2.05, 4.69) is 19.2 Å². The molecule has 1 aromatic carbocycles. The SMILES string of the molecule is Cc1ccc(NC(=O)N2[C@H](C)CCC[C@H]2C)cc1. The summed E-state index contributed by atoms with van der Waals surface area (Å²) in [5.74, 6) is 0. The third-order valence-electron chi connectivity index (χ3n) is 3.73. The molecule has 0 unspecified atom stereocenters. The van der Waals surface area contributed by atoms with Crippen LogP contribution in [0, 0.1) is 6.92 Å². The molecule has 1 aliphatic rings. The van der Waals surface area contributed by atoms with Crippen molar-refractivity contribution in [2.75, 3.05) is 5.32 Å². The lowest BCUT2D eigenvalue weighted by molar-refractivity contribution is 0.133. The van der Waals surface area contributed by atoms with E-state index < -0.39 is 0 Å². The van der Waals surface area contributed by atoms with Gasteiger partial charge in [0.2, 0.25) is 0 Å². The van der Waals surface area contributed by atoms with E-state index in [1.165, 1.54) is 12.0 Å². The Kier molecular flexibility index (Phi) is 3.90. The topological polar surface area (TPSA) is 32.3 Å². The average Bonchev–Trinajstić information content (AvgIpc) is 2.32. The third-order valence-corrected chi connectivity index (χ3v) is 3.73. The summed E-state index contributed by atoms with van der Waals surface area (Å²) in [6.45, 7) is 6.30. The van der Waals surface area contributed by atoms with E-state index in [0.717, 1.165) is 18.5 Å². The Morgan fingerprint density at radius 1 is 1.17 bits per heavy atom. The monoisotopic (exact) mass is 246 g/mol. The quantitative estimate of drug-likeness (QED) is 0.803. The van der Waals surface area contributed by atoms with Gasteiger partial charge in [-0.05, 0) is 52.2 Å². The number of nitrogens with one attached hydrogen (secondary N) is 1. The van der Waals surface area contributed by atoms with Crippen molar-refractivity contribution < 1.29 is 4.79 Å². The first-order valence-corrected chi connectivity index (χ1v) is 6.74. The highest BCUT2D eigenvalue weighted by Crippen LogP contribution is 2.23. The maximum Gasteiger partial charge on any atom is 0.322 e. The highest BCUT2D eigenvalue weighted by Gasteiger charge is 2.28. The summed E-state index contributed by atoms with van der Waals surface area (Å²) in [5, 5.41) is 2.99. The van der Waals surface area contributed by atoms with Gasteiger partial charge in [-0.15, -0.1) is 0 Å². The maximum absolute atomic E-state index is 12.3. The molecule has 1 aliphatic heterocycles. The van der Waals surface area contributed by atoms with Gasteiger partial charge in [0.25, 0.3) is 0 Å². The highest BCUT2D eigenvalue weighted by molar-refractivity contribution is 5.89. The number of carbonyl (C=O) groups excluding carboxylic acids is 1. The van der Waals surface area contributed by atoms with Crippen molar-refractivity contribution in [1.29, 1.82) is 0 Å². The Balaban J connectivity index is 2.04. The van der Waals surface area contributed by atoms with Crippen LogP contribution in [0.15, 0.2) is 24.3 Å². The molecule has 0 aromatic heterocycles. The Morgan fingerprint density at radius 3 is 2.28 bits per heavy atom. The smallest absolute Gasteiger partial charge is 0.319 e. The molecule has 2 atom stereocenters. The number of amides is 2. The van der Waals surface area contributed by atoms with Crippen molar-refractivity contribution in [3.05, 3.63) is 29.8 Å². The minimum atomic E-state index is 0.0264. The molecular formula is C15H22N2O. The lowest BCUT2D eigenvalue weighted by atomic mass is 9.98. The zero-order valence-electron chi connectivity index (χ0n) is 11.4. The van der Waals surface area contributed by atoms with Crippen molar-refractivity contribution in [3.63, 3.8) is 0 Å². The van der Waals surface area contributed by atoms with Gasteiger partial charge in [0.15, 0.2) is 0 Å². The number of hydrogen-bond donors (Lipinski definition) is 1. The van der Waals surface area contributed by atoms with Gasteiger partial charge in [-0.1, -0.05) is 17.7 Å². The minimum absolute atomic E-state index is 0.0264. The number of hydrogen-bond acceptors (Lipinski definition) is 1. The largest absolute Gasteiger partial charge is 0.322 e. The van der Waals surface area contributed by atoms with Crippen LogP contribution in [0.2, 0.25) is 0 Å². The first kappa shape index (κ1) is 12.9. The Morgan fingerprint density at radius 2 is 1.72 bits per heavy atom. The number of carbonyl (C=O) groups is 1. The molecule has 1 heterocycles. The number of benzene rings is 1. The normalized spacial score (nSPS) is 23.8. The van der Waals surface area contributed by atoms with E-state index in [-0.39, 0.29) is 6.03 Å². The van der Waals surface area contributed by atoms with Gasteiger partial charge in [-0.25, -0.2) is 4.79 Å². The van der Waals surface area contributed by atoms with Crippen LogP contribution in [0.3, 0.4) is 0 Å². The zero-order valence-corrected chi connectivity index (χ0v) is 11.4. The standard InChI is InChI=1S/C15H22N2O/c1-11-7-9-14(10-8-11)16-15(18)17-12(2)5-4-6-13(17)3/h7-10,12-13H,4-6H2,1-3H3,(H,16,18)/t12-,13-/m1/s1. The molecular weight excluding hydrogens is 224 g/mol. The first-order chi connectivity index (χ1) is 8.58. The van der Waals surface area contributed by atoms with Crippen LogP contribution >= 0.6 is 0 Å². The molecule has 1 N–H and O–H groups in total. The summed E-state index contributed by atoms with van der Waals surface area (Å²) >= 11 is 0. The Hall–Kier alpha value is -1.51. The molecule has 0 radical (unpaired) electrons. The molecule has 3 nitrogen and oxygen atoms in total. The Labute approximate surface area is 109 Å². The van der Waals surface area contributed by atoms with E-state index in [4.69, 9.17) is 0 Å². The second kappa shape index (κ2) is 5.42. The van der Waals surface area contributed by atoms with Crippen molar-refractivity contribution >= 4 is 11.7 Å². The molecule has 0 spiro atoms. The van der Waals surface area contributed by atoms with Gasteiger partial charge in [0.05, 0.1) is 0 Å². The lowest BCUT2D eigenvalue weighted by Gasteiger charge is -2.38. The molecule has 1 fully saturated rings. The fourth-order valence-electron chi connectivity index (χ4n) is 2.65. The molecule has 1 aromatic rings. The van der Waals surface area contributed by atoms with Crippen LogP contribution in [-0.2, 0) is 0 Å². The van der Waals surface area contributed by atoms with Crippen LogP contribution in [0.25, 0.3) is 0 Å². The summed E-state index contributed by atoms with van der Waals surface area (Å²) in [7, 11) is 0. The van der Waals surface area contributed by atoms with Gasteiger partial charge in [0.1, 0.15) is 0 Å². The van der Waals surface area contributed by atoms with E-state index in [1.54, 1.807) is 0 Å². The number of aryl methyl sites for hydroxylation is 1. The second-order valence-corrected chi connectivity index (χ2v) is 5.33. The fourth-order valence-corrected chi connectivity index (χ4v) is 2.65. The van der Waals surface area contributed by atoms with Gasteiger partial charge >= 0.3 is 6.03 Å². The van der Waals surface area contributed by atoms with Crippen LogP contribution < -0.4 is 5.32 Å². The third kappa shape index (κ3) is 2.84. The molecule has 2 rings (SSSR count). The summed E-state index contributed by atoms with van der Waals surface area (Å²) in [4.78, 5) is 14.3. The molecule has 0 bridgehead atoms. The van der Waals surface area contributed by atoms with E-state index in [9.17, 15) is 4.79 Å². The maximum atomic E-state index is 12.3. The first-order valence-electron chi connectivity index (χ1n) is 6.74. The lowest BCUT2D eigenvalue weighted by Crippen LogP contribution is -2.49. The second-order valence-electron chi connectivity index (χ2n) is 5.33. The average molecular weight is 246 g/mol. The predicted octanol–water partition coefficient (Wildman–Crippen LogP) is 3.79. The van der Waals surface area contributed by atoms with Crippen molar-refractivity contribution in [2.45, 2.75) is 52.1 Å². The molecule has 2 amide bonds. The molecule has 3 heteroatoms. The van der Waals surface area contributed by atoms with Crippen molar-refractivity contribution in [2.24, 2.45) is 0 Å². The number of nitrogens with zero attached hydrogens (tertiary/aromatic N) is 1. The molecule has 18 heavy (non-hydrogen) atoms. The highest BCUT2D eigenvalue weighted by atomic mass is 16.2. The van der Waals surface area contributed by atoms with Crippen LogP contribution in [0.5, 0.6) is 0 Å². The van der Waals surface area contributed by atoms with Crippen LogP contribution in [0.4, 0.5) is 10.5 Å². The van der Waals surface area contributed by atoms with Crippen molar-refractivity contribution in [1.82, 2.24) is 4.90 Å². The minimum Gasteiger partial charge on any atom is -0.319 e. The number of urea groups is 1. The molecule has 98 valence electrons. The number of likely N-dealkylation sites (tertiary alicyclic amines) is 1. The van der Waals surface area contributed by atoms with Crippen molar-refractivity contribution in [3.8, 4) is 0 Å². The summed E-state index contributed by atoms with van der Waals surface area (Å²) in [5.41, 5.74) is 2.07. The van der Waals surface area contributed by atoms with Gasteiger partial charge in [-0.3, -0.25) is 0 Å². The number of piperidine rings is 1. The molecule has 1 saturated heterocycles. The summed E-state index contributed by atoms with van der Waals surface area (Å²) in [6, 6.07) is 8.62. The van der Waals surface area contributed by atoms with Gasteiger partial charge in [0, 0.05) is 17.8 Å². The van der Waals surface area contributed by atoms with E-state index in [0.29, 0.717) is 12.1 Å². The fraction of sp³-hybridized carbons (Fsp3) is 0.533. The summed E-state index contributed by atoms with van der Waals surface area (Å²) < 4.78 is 0. The Bertz CT molecular complexity index is 403. The van der Waals surface area contributed by atoms with Gasteiger partial charge in [-0.2, -0.15) is 0 Å². The predicted molar refractivity (Wildman–Crippen MR) is 74.8 cm³/mol.